The van der Waals surface area contributed by atoms with Crippen LogP contribution in [0.25, 0.3) is 0 Å². The van der Waals surface area contributed by atoms with Crippen LogP contribution in [0.2, 0.25) is 5.02 Å². The number of halogens is 2. The maximum Gasteiger partial charge on any atom is 0.326 e. The Kier molecular flexibility index (Phi) is 7.50. The van der Waals surface area contributed by atoms with Crippen molar-refractivity contribution in [3.8, 4) is 11.5 Å². The number of hydrogen-bond acceptors (Lipinski definition) is 4. The summed E-state index contributed by atoms with van der Waals surface area (Å²) in [6.45, 7) is 3.80. The summed E-state index contributed by atoms with van der Waals surface area (Å²) in [7, 11) is 4.11. The van der Waals surface area contributed by atoms with Crippen molar-refractivity contribution in [1.82, 2.24) is 5.32 Å². The van der Waals surface area contributed by atoms with Crippen LogP contribution >= 0.6 is 11.6 Å². The van der Waals surface area contributed by atoms with Gasteiger partial charge in [-0.3, -0.25) is 10.1 Å². The Bertz CT molecular complexity index is 1300. The number of ether oxygens (including phenoxy) is 1. The number of hydrogen-bond donors (Lipinski definition) is 2. The van der Waals surface area contributed by atoms with Crippen molar-refractivity contribution in [3.05, 3.63) is 81.1 Å². The van der Waals surface area contributed by atoms with E-state index in [0.29, 0.717) is 5.69 Å². The lowest BCUT2D eigenvalue weighted by Gasteiger charge is -2.26. The lowest BCUT2D eigenvalue weighted by atomic mass is 9.89. The molecule has 0 saturated carbocycles. The fraction of sp³-hybridized carbons (Fsp3) is 0.286. The zero-order valence-electron chi connectivity index (χ0n) is 20.8. The minimum atomic E-state index is -0.921. The number of aryl methyl sites for hydroxylation is 2. The smallest absolute Gasteiger partial charge is 0.326 e. The maximum absolute atomic E-state index is 14.0. The molecule has 6 nitrogen and oxygen atoms in total. The van der Waals surface area contributed by atoms with Gasteiger partial charge < -0.3 is 15.0 Å². The summed E-state index contributed by atoms with van der Waals surface area (Å²) in [5, 5.41) is 4.67. The van der Waals surface area contributed by atoms with Crippen LogP contribution in [-0.2, 0) is 12.8 Å². The molecule has 0 bridgehead atoms. The minimum absolute atomic E-state index is 0.0747. The second-order valence-electron chi connectivity index (χ2n) is 9.19. The number of fused-ring (bicyclic) bond motifs is 1. The average molecular weight is 510 g/mol. The van der Waals surface area contributed by atoms with Crippen LogP contribution in [0.5, 0.6) is 11.5 Å². The predicted octanol–water partition coefficient (Wildman–Crippen LogP) is 6.79. The van der Waals surface area contributed by atoms with Gasteiger partial charge in [-0.1, -0.05) is 17.7 Å². The van der Waals surface area contributed by atoms with Crippen LogP contribution in [0.1, 0.15) is 45.5 Å². The molecular weight excluding hydrogens is 481 g/mol. The molecule has 0 unspecified atom stereocenters. The van der Waals surface area contributed by atoms with E-state index in [1.54, 1.807) is 12.1 Å². The van der Waals surface area contributed by atoms with Crippen molar-refractivity contribution < 1.29 is 18.7 Å². The minimum Gasteiger partial charge on any atom is -0.457 e. The molecule has 0 aromatic heterocycles. The zero-order valence-corrected chi connectivity index (χ0v) is 21.6. The third-order valence-corrected chi connectivity index (χ3v) is 6.61. The van der Waals surface area contributed by atoms with Gasteiger partial charge in [0.1, 0.15) is 17.3 Å². The van der Waals surface area contributed by atoms with Gasteiger partial charge in [-0.15, -0.1) is 0 Å². The van der Waals surface area contributed by atoms with Crippen molar-refractivity contribution in [2.24, 2.45) is 0 Å². The summed E-state index contributed by atoms with van der Waals surface area (Å²) in [4.78, 5) is 26.9. The number of carbonyl (C=O) groups excluding carboxylic acids is 2. The first-order valence-electron chi connectivity index (χ1n) is 11.8. The second kappa shape index (κ2) is 10.6. The Labute approximate surface area is 215 Å². The predicted molar refractivity (Wildman–Crippen MR) is 141 cm³/mol. The van der Waals surface area contributed by atoms with Gasteiger partial charge in [-0.05, 0) is 92.6 Å². The second-order valence-corrected chi connectivity index (χ2v) is 9.59. The summed E-state index contributed by atoms with van der Waals surface area (Å²) in [5.74, 6) is -0.149. The van der Waals surface area contributed by atoms with Crippen LogP contribution in [0.15, 0.2) is 42.5 Å². The van der Waals surface area contributed by atoms with Gasteiger partial charge in [0.2, 0.25) is 0 Å². The number of nitrogens with zero attached hydrogens (tertiary/aromatic N) is 1. The lowest BCUT2D eigenvalue weighted by molar-refractivity contribution is 0.0963. The Morgan fingerprint density at radius 2 is 1.67 bits per heavy atom. The van der Waals surface area contributed by atoms with E-state index >= 15 is 0 Å². The Balaban J connectivity index is 1.52. The third kappa shape index (κ3) is 5.31. The molecule has 3 amide bonds. The van der Waals surface area contributed by atoms with E-state index < -0.39 is 17.8 Å². The molecule has 188 valence electrons. The molecule has 0 atom stereocenters. The number of benzene rings is 3. The van der Waals surface area contributed by atoms with Gasteiger partial charge in [0.05, 0.1) is 10.6 Å². The van der Waals surface area contributed by atoms with E-state index in [0.717, 1.165) is 48.0 Å². The molecule has 1 aliphatic carbocycles. The summed E-state index contributed by atoms with van der Waals surface area (Å²) in [5.41, 5.74) is 5.57. The summed E-state index contributed by atoms with van der Waals surface area (Å²) in [6, 6.07) is 10.7. The van der Waals surface area contributed by atoms with Gasteiger partial charge in [0.25, 0.3) is 5.91 Å². The maximum atomic E-state index is 14.0. The molecule has 0 fully saturated rings. The SMILES string of the molecule is Cc1cc(NC(=O)NC(=O)c2c(F)cccc2Cl)cc(C)c1Oc1ccc(N(C)C)c2c1CCCC2. The Morgan fingerprint density at radius 3 is 2.31 bits per heavy atom. The summed E-state index contributed by atoms with van der Waals surface area (Å²) >= 11 is 5.91. The molecule has 3 aromatic carbocycles. The van der Waals surface area contributed by atoms with Crippen LogP contribution in [-0.4, -0.2) is 26.0 Å². The summed E-state index contributed by atoms with van der Waals surface area (Å²) in [6.07, 6.45) is 4.31. The molecule has 0 heterocycles. The van der Waals surface area contributed by atoms with Crippen molar-refractivity contribution in [1.29, 1.82) is 0 Å². The molecular formula is C28H29ClFN3O3. The van der Waals surface area contributed by atoms with Crippen LogP contribution in [0.3, 0.4) is 0 Å². The quantitative estimate of drug-likeness (QED) is 0.397. The highest BCUT2D eigenvalue weighted by atomic mass is 35.5. The van der Waals surface area contributed by atoms with E-state index in [1.807, 2.05) is 19.9 Å². The molecule has 4 rings (SSSR count). The van der Waals surface area contributed by atoms with Crippen molar-refractivity contribution >= 4 is 34.9 Å². The number of carbonyl (C=O) groups is 2. The van der Waals surface area contributed by atoms with Gasteiger partial charge in [0.15, 0.2) is 0 Å². The van der Waals surface area contributed by atoms with E-state index in [1.165, 1.54) is 35.4 Å². The van der Waals surface area contributed by atoms with E-state index in [4.69, 9.17) is 16.3 Å². The fourth-order valence-corrected chi connectivity index (χ4v) is 4.92. The van der Waals surface area contributed by atoms with Crippen molar-refractivity contribution in [3.63, 3.8) is 0 Å². The highest BCUT2D eigenvalue weighted by molar-refractivity contribution is 6.34. The standard InChI is InChI=1S/C28H29ClFN3O3/c1-16-14-18(31-28(35)32-27(34)25-21(29)10-7-11-22(25)30)15-17(2)26(16)36-24-13-12-23(33(3)4)19-8-5-6-9-20(19)24/h7,10-15H,5-6,8-9H2,1-4H3,(H2,31,32,34,35). The van der Waals surface area contributed by atoms with Gasteiger partial charge in [0, 0.05) is 31.0 Å². The number of urea groups is 1. The third-order valence-electron chi connectivity index (χ3n) is 6.30. The number of rotatable bonds is 5. The Morgan fingerprint density at radius 1 is 1.00 bits per heavy atom. The first kappa shape index (κ1) is 25.5. The molecule has 3 aromatic rings. The largest absolute Gasteiger partial charge is 0.457 e. The molecule has 8 heteroatoms. The van der Waals surface area contributed by atoms with E-state index in [2.05, 4.69) is 35.7 Å². The molecule has 1 aliphatic rings. The first-order chi connectivity index (χ1) is 17.2. The zero-order chi connectivity index (χ0) is 26.0. The molecule has 0 saturated heterocycles. The highest BCUT2D eigenvalue weighted by Crippen LogP contribution is 2.40. The first-order valence-corrected chi connectivity index (χ1v) is 12.2. The van der Waals surface area contributed by atoms with Crippen LogP contribution in [0, 0.1) is 19.7 Å². The number of anilines is 2. The summed E-state index contributed by atoms with van der Waals surface area (Å²) < 4.78 is 20.4. The Hall–Kier alpha value is -3.58. The number of nitrogens with one attached hydrogen (secondary N) is 2. The van der Waals surface area contributed by atoms with Gasteiger partial charge in [-0.2, -0.15) is 0 Å². The highest BCUT2D eigenvalue weighted by Gasteiger charge is 2.21. The van der Waals surface area contributed by atoms with E-state index in [9.17, 15) is 14.0 Å². The fourth-order valence-electron chi connectivity index (χ4n) is 4.67. The lowest BCUT2D eigenvalue weighted by Crippen LogP contribution is -2.35. The monoisotopic (exact) mass is 509 g/mol. The van der Waals surface area contributed by atoms with Gasteiger partial charge in [-0.25, -0.2) is 9.18 Å². The van der Waals surface area contributed by atoms with Crippen molar-refractivity contribution in [2.75, 3.05) is 24.3 Å². The van der Waals surface area contributed by atoms with Crippen LogP contribution in [0.4, 0.5) is 20.6 Å². The van der Waals surface area contributed by atoms with Crippen LogP contribution < -0.4 is 20.3 Å². The van der Waals surface area contributed by atoms with Crippen molar-refractivity contribution in [2.45, 2.75) is 39.5 Å². The molecule has 36 heavy (non-hydrogen) atoms. The van der Waals surface area contributed by atoms with E-state index in [-0.39, 0.29) is 10.6 Å². The number of amides is 3. The topological polar surface area (TPSA) is 70.7 Å². The molecule has 0 aliphatic heterocycles. The number of imide groups is 1. The molecule has 0 radical (unpaired) electrons. The normalized spacial score (nSPS) is 12.5. The molecule has 0 spiro atoms. The molecule has 2 N–H and O–H groups in total. The average Bonchev–Trinajstić information content (AvgIpc) is 2.81. The van der Waals surface area contributed by atoms with Gasteiger partial charge >= 0.3 is 6.03 Å².